The molecule has 1 saturated heterocycles. The molecule has 0 N–H and O–H groups in total. The molecule has 5 rings (SSSR count). The first-order valence-corrected chi connectivity index (χ1v) is 11.8. The second-order valence-electron chi connectivity index (χ2n) is 9.01. The monoisotopic (exact) mass is 466 g/mol. The van der Waals surface area contributed by atoms with Crippen LogP contribution in [-0.2, 0) is 29.1 Å². The van der Waals surface area contributed by atoms with Crippen molar-refractivity contribution >= 4 is 5.97 Å². The molecule has 0 spiro atoms. The van der Waals surface area contributed by atoms with Gasteiger partial charge in [-0.05, 0) is 46.9 Å². The Bertz CT molecular complexity index is 1270. The third-order valence-electron chi connectivity index (χ3n) is 6.31. The first-order valence-electron chi connectivity index (χ1n) is 11.8. The van der Waals surface area contributed by atoms with Crippen molar-refractivity contribution < 1.29 is 13.9 Å². The van der Waals surface area contributed by atoms with E-state index < -0.39 is 0 Å². The van der Waals surface area contributed by atoms with Gasteiger partial charge in [0.15, 0.2) is 0 Å². The van der Waals surface area contributed by atoms with E-state index in [0.29, 0.717) is 37.5 Å². The summed E-state index contributed by atoms with van der Waals surface area (Å²) in [5.41, 5.74) is 5.28. The number of pyridine rings is 1. The first kappa shape index (κ1) is 22.9. The van der Waals surface area contributed by atoms with E-state index in [4.69, 9.17) is 4.74 Å². The number of ether oxygens (including phenoxy) is 1. The minimum atomic E-state index is -0.287. The molecule has 0 aliphatic carbocycles. The molecular formula is C30H27FN2O2. The summed E-state index contributed by atoms with van der Waals surface area (Å²) in [5.74, 6) is -0.583. The summed E-state index contributed by atoms with van der Waals surface area (Å²) in [7, 11) is 0. The number of esters is 1. The molecule has 2 heterocycles. The van der Waals surface area contributed by atoms with Gasteiger partial charge in [-0.15, -0.1) is 0 Å². The van der Waals surface area contributed by atoms with Gasteiger partial charge >= 0.3 is 5.97 Å². The van der Waals surface area contributed by atoms with E-state index in [0.717, 1.165) is 23.1 Å². The smallest absolute Gasteiger partial charge is 0.311 e. The summed E-state index contributed by atoms with van der Waals surface area (Å²) in [6.07, 6.45) is 2.61. The molecule has 4 nitrogen and oxygen atoms in total. The molecule has 176 valence electrons. The van der Waals surface area contributed by atoms with Crippen molar-refractivity contribution in [2.24, 2.45) is 5.92 Å². The highest BCUT2D eigenvalue weighted by Crippen LogP contribution is 2.25. The molecule has 3 aromatic carbocycles. The number of hydrogen-bond donors (Lipinski definition) is 0. The van der Waals surface area contributed by atoms with Gasteiger partial charge in [-0.25, -0.2) is 4.39 Å². The number of benzene rings is 3. The molecule has 0 unspecified atom stereocenters. The summed E-state index contributed by atoms with van der Waals surface area (Å²) < 4.78 is 20.3. The van der Waals surface area contributed by atoms with Crippen LogP contribution in [0, 0.1) is 11.7 Å². The fraction of sp³-hybridized carbons (Fsp3) is 0.200. The predicted molar refractivity (Wildman–Crippen MR) is 134 cm³/mol. The fourth-order valence-corrected chi connectivity index (χ4v) is 4.34. The van der Waals surface area contributed by atoms with Crippen LogP contribution in [0.15, 0.2) is 97.2 Å². The highest BCUT2D eigenvalue weighted by atomic mass is 19.1. The van der Waals surface area contributed by atoms with E-state index in [2.05, 4.69) is 22.0 Å². The van der Waals surface area contributed by atoms with Crippen molar-refractivity contribution in [2.75, 3.05) is 13.1 Å². The largest absolute Gasteiger partial charge is 0.461 e. The van der Waals surface area contributed by atoms with Gasteiger partial charge in [0, 0.05) is 31.4 Å². The van der Waals surface area contributed by atoms with Crippen LogP contribution in [0.5, 0.6) is 0 Å². The summed E-state index contributed by atoms with van der Waals surface area (Å²) in [6, 6.07) is 29.0. The molecule has 1 aliphatic rings. The maximum Gasteiger partial charge on any atom is 0.311 e. The van der Waals surface area contributed by atoms with Gasteiger partial charge in [0.1, 0.15) is 12.4 Å². The van der Waals surface area contributed by atoms with E-state index in [9.17, 15) is 9.18 Å². The zero-order valence-electron chi connectivity index (χ0n) is 19.4. The molecule has 5 heteroatoms. The van der Waals surface area contributed by atoms with Crippen LogP contribution in [0.25, 0.3) is 11.3 Å². The van der Waals surface area contributed by atoms with Gasteiger partial charge in [-0.1, -0.05) is 72.8 Å². The van der Waals surface area contributed by atoms with Crippen LogP contribution in [0.3, 0.4) is 0 Å². The minimum Gasteiger partial charge on any atom is -0.461 e. The van der Waals surface area contributed by atoms with Crippen molar-refractivity contribution in [2.45, 2.75) is 19.6 Å². The Morgan fingerprint density at radius 3 is 2.20 bits per heavy atom. The van der Waals surface area contributed by atoms with Gasteiger partial charge in [0.05, 0.1) is 11.6 Å². The Labute approximate surface area is 205 Å². The highest BCUT2D eigenvalue weighted by molar-refractivity contribution is 5.74. The van der Waals surface area contributed by atoms with E-state index in [1.807, 2.05) is 72.9 Å². The van der Waals surface area contributed by atoms with Crippen molar-refractivity contribution in [1.29, 1.82) is 0 Å². The second-order valence-corrected chi connectivity index (χ2v) is 9.01. The van der Waals surface area contributed by atoms with Crippen molar-refractivity contribution in [3.63, 3.8) is 0 Å². The molecule has 0 bridgehead atoms. The Hall–Kier alpha value is -3.83. The molecular weight excluding hydrogens is 439 g/mol. The summed E-state index contributed by atoms with van der Waals surface area (Å²) in [4.78, 5) is 18.9. The molecule has 0 radical (unpaired) electrons. The van der Waals surface area contributed by atoms with E-state index >= 15 is 0 Å². The lowest BCUT2D eigenvalue weighted by Crippen LogP contribution is -2.50. The molecule has 0 amide bonds. The number of hydrogen-bond acceptors (Lipinski definition) is 4. The molecule has 1 aromatic heterocycles. The summed E-state index contributed by atoms with van der Waals surface area (Å²) in [6.45, 7) is 2.15. The van der Waals surface area contributed by atoms with Gasteiger partial charge < -0.3 is 4.74 Å². The predicted octanol–water partition coefficient (Wildman–Crippen LogP) is 5.65. The number of rotatable bonds is 8. The first-order chi connectivity index (χ1) is 17.1. The van der Waals surface area contributed by atoms with Crippen LogP contribution >= 0.6 is 0 Å². The molecule has 1 aliphatic heterocycles. The molecule has 4 aromatic rings. The van der Waals surface area contributed by atoms with Gasteiger partial charge in [-0.2, -0.15) is 0 Å². The maximum absolute atomic E-state index is 14.9. The maximum atomic E-state index is 14.9. The zero-order valence-corrected chi connectivity index (χ0v) is 19.4. The number of likely N-dealkylation sites (tertiary alicyclic amines) is 1. The standard InChI is InChI=1S/C30H27FN2O2/c31-28-16-25(18-33-19-26(20-33)30(34)35-21-23-9-5-2-6-10-23)11-13-27(28)29-14-12-24(17-32-29)15-22-7-3-1-4-8-22/h1-14,16-17,26H,15,18-21H2. The van der Waals surface area contributed by atoms with Crippen LogP contribution in [0.1, 0.15) is 22.3 Å². The number of aromatic nitrogens is 1. The number of halogens is 1. The van der Waals surface area contributed by atoms with E-state index in [1.54, 1.807) is 12.1 Å². The number of carbonyl (C=O) groups is 1. The lowest BCUT2D eigenvalue weighted by atomic mass is 9.98. The molecule has 1 fully saturated rings. The number of nitrogens with zero attached hydrogens (tertiary/aromatic N) is 2. The molecule has 0 saturated carbocycles. The quantitative estimate of drug-likeness (QED) is 0.315. The van der Waals surface area contributed by atoms with Crippen LogP contribution in [0.2, 0.25) is 0 Å². The summed E-state index contributed by atoms with van der Waals surface area (Å²) >= 11 is 0. The van der Waals surface area contributed by atoms with Crippen molar-refractivity contribution in [3.8, 4) is 11.3 Å². The van der Waals surface area contributed by atoms with Crippen molar-refractivity contribution in [1.82, 2.24) is 9.88 Å². The zero-order chi connectivity index (χ0) is 24.0. The second kappa shape index (κ2) is 10.6. The molecule has 0 atom stereocenters. The highest BCUT2D eigenvalue weighted by Gasteiger charge is 2.33. The minimum absolute atomic E-state index is 0.124. The Morgan fingerprint density at radius 2 is 1.54 bits per heavy atom. The Balaban J connectivity index is 1.13. The average Bonchev–Trinajstić information content (AvgIpc) is 2.86. The van der Waals surface area contributed by atoms with Crippen LogP contribution in [0.4, 0.5) is 4.39 Å². The SMILES string of the molecule is O=C(OCc1ccccc1)C1CN(Cc2ccc(-c3ccc(Cc4ccccc4)cn3)c(F)c2)C1. The van der Waals surface area contributed by atoms with Gasteiger partial charge in [0.2, 0.25) is 0 Å². The Kier molecular flexibility index (Phi) is 6.96. The lowest BCUT2D eigenvalue weighted by Gasteiger charge is -2.37. The van der Waals surface area contributed by atoms with Gasteiger partial charge in [-0.3, -0.25) is 14.7 Å². The normalized spacial score (nSPS) is 13.9. The summed E-state index contributed by atoms with van der Waals surface area (Å²) in [5, 5.41) is 0. The topological polar surface area (TPSA) is 42.4 Å². The van der Waals surface area contributed by atoms with Crippen LogP contribution < -0.4 is 0 Å². The average molecular weight is 467 g/mol. The number of carbonyl (C=O) groups excluding carboxylic acids is 1. The van der Waals surface area contributed by atoms with E-state index in [1.165, 1.54) is 5.56 Å². The van der Waals surface area contributed by atoms with Crippen molar-refractivity contribution in [3.05, 3.63) is 125 Å². The van der Waals surface area contributed by atoms with Gasteiger partial charge in [0.25, 0.3) is 0 Å². The lowest BCUT2D eigenvalue weighted by molar-refractivity contribution is -0.156. The Morgan fingerprint density at radius 1 is 0.857 bits per heavy atom. The molecule has 35 heavy (non-hydrogen) atoms. The van der Waals surface area contributed by atoms with E-state index in [-0.39, 0.29) is 17.7 Å². The third-order valence-corrected chi connectivity index (χ3v) is 6.31. The van der Waals surface area contributed by atoms with Crippen LogP contribution in [-0.4, -0.2) is 28.9 Å². The fourth-order valence-electron chi connectivity index (χ4n) is 4.34. The third kappa shape index (κ3) is 5.81.